The van der Waals surface area contributed by atoms with Gasteiger partial charge in [0.25, 0.3) is 5.91 Å². The Labute approximate surface area is 144 Å². The molecule has 1 aliphatic rings. The number of hydrogen-bond acceptors (Lipinski definition) is 4. The number of carbonyl (C=O) groups is 1. The van der Waals surface area contributed by atoms with E-state index < -0.39 is 0 Å². The molecule has 4 rings (SSSR count). The lowest BCUT2D eigenvalue weighted by Gasteiger charge is -2.32. The number of fused-ring (bicyclic) bond motifs is 1. The van der Waals surface area contributed by atoms with Crippen LogP contribution < -0.4 is 5.69 Å². The van der Waals surface area contributed by atoms with Crippen LogP contribution in [-0.2, 0) is 0 Å². The molecule has 0 bridgehead atoms. The normalized spacial score (nSPS) is 17.8. The maximum atomic E-state index is 12.9. The topological polar surface area (TPSA) is 79.2 Å². The van der Waals surface area contributed by atoms with Gasteiger partial charge in [-0.2, -0.15) is 0 Å². The molecule has 0 aliphatic carbocycles. The summed E-state index contributed by atoms with van der Waals surface area (Å²) in [7, 11) is 0. The zero-order valence-electron chi connectivity index (χ0n) is 14.0. The van der Waals surface area contributed by atoms with E-state index >= 15 is 0 Å². The predicted molar refractivity (Wildman–Crippen MR) is 93.7 cm³/mol. The number of H-pyrrole nitrogens is 1. The van der Waals surface area contributed by atoms with E-state index in [1.807, 2.05) is 42.2 Å². The molecule has 6 heteroatoms. The predicted octanol–water partition coefficient (Wildman–Crippen LogP) is 2.84. The van der Waals surface area contributed by atoms with Gasteiger partial charge in [0.15, 0.2) is 0 Å². The molecular formula is C19H19N3O3. The number of aryl methyl sites for hydroxylation is 1. The third kappa shape index (κ3) is 3.07. The molecule has 1 aromatic carbocycles. The number of carbonyl (C=O) groups excluding carboxylic acids is 1. The van der Waals surface area contributed by atoms with Crippen LogP contribution >= 0.6 is 0 Å². The largest absolute Gasteiger partial charge is 0.461 e. The van der Waals surface area contributed by atoms with E-state index in [-0.39, 0.29) is 17.5 Å². The van der Waals surface area contributed by atoms with Gasteiger partial charge in [-0.3, -0.25) is 4.79 Å². The van der Waals surface area contributed by atoms with E-state index in [4.69, 9.17) is 4.42 Å². The van der Waals surface area contributed by atoms with Gasteiger partial charge in [0.1, 0.15) is 11.3 Å². The number of aromatic amines is 1. The molecule has 0 spiro atoms. The molecule has 1 aliphatic heterocycles. The smallest absolute Gasteiger partial charge is 0.345 e. The summed E-state index contributed by atoms with van der Waals surface area (Å²) in [5, 5.41) is 0.940. The molecule has 6 nitrogen and oxygen atoms in total. The van der Waals surface area contributed by atoms with Crippen LogP contribution in [0.15, 0.2) is 45.7 Å². The second-order valence-electron chi connectivity index (χ2n) is 6.53. The minimum atomic E-state index is -0.346. The zero-order chi connectivity index (χ0) is 17.4. The Balaban J connectivity index is 1.57. The van der Waals surface area contributed by atoms with Gasteiger partial charge >= 0.3 is 5.69 Å². The van der Waals surface area contributed by atoms with Crippen molar-refractivity contribution in [2.45, 2.75) is 25.7 Å². The average Bonchev–Trinajstić information content (AvgIpc) is 3.00. The van der Waals surface area contributed by atoms with Crippen molar-refractivity contribution in [1.29, 1.82) is 0 Å². The lowest BCUT2D eigenvalue weighted by molar-refractivity contribution is 0.0706. The third-order valence-electron chi connectivity index (χ3n) is 4.73. The maximum absolute atomic E-state index is 12.9. The van der Waals surface area contributed by atoms with Crippen molar-refractivity contribution in [3.8, 4) is 0 Å². The second-order valence-corrected chi connectivity index (χ2v) is 6.53. The fourth-order valence-electron chi connectivity index (χ4n) is 3.53. The third-order valence-corrected chi connectivity index (χ3v) is 4.73. The lowest BCUT2D eigenvalue weighted by atomic mass is 9.94. The first-order valence-electron chi connectivity index (χ1n) is 8.45. The quantitative estimate of drug-likeness (QED) is 0.780. The van der Waals surface area contributed by atoms with Crippen LogP contribution in [0.2, 0.25) is 0 Å². The highest BCUT2D eigenvalue weighted by molar-refractivity contribution is 5.98. The van der Waals surface area contributed by atoms with E-state index in [2.05, 4.69) is 9.97 Å². The number of nitrogens with zero attached hydrogens (tertiary/aromatic N) is 2. The SMILES string of the molecule is Cc1cc2cc(C(=O)N3CCC[C@@H](c4ccnc(=O)[nH]4)C3)ccc2o1. The summed E-state index contributed by atoms with van der Waals surface area (Å²) in [4.78, 5) is 32.7. The van der Waals surface area contributed by atoms with E-state index in [0.29, 0.717) is 12.1 Å². The lowest BCUT2D eigenvalue weighted by Crippen LogP contribution is -2.39. The number of rotatable bonds is 2. The highest BCUT2D eigenvalue weighted by atomic mass is 16.3. The van der Waals surface area contributed by atoms with Crippen molar-refractivity contribution in [1.82, 2.24) is 14.9 Å². The Morgan fingerprint density at radius 2 is 2.20 bits per heavy atom. The van der Waals surface area contributed by atoms with Gasteiger partial charge in [-0.15, -0.1) is 0 Å². The number of hydrogen-bond donors (Lipinski definition) is 1. The summed E-state index contributed by atoms with van der Waals surface area (Å²) in [6.45, 7) is 3.22. The molecule has 1 amide bonds. The standard InChI is InChI=1S/C19H19N3O3/c1-12-9-15-10-13(4-5-17(15)25-12)18(23)22-8-2-3-14(11-22)16-6-7-20-19(24)21-16/h4-7,9-10,14H,2-3,8,11H2,1H3,(H,20,21,24)/t14-/m1/s1. The summed E-state index contributed by atoms with van der Waals surface area (Å²) in [6, 6.07) is 9.29. The monoisotopic (exact) mass is 337 g/mol. The second kappa shape index (κ2) is 6.20. The fourth-order valence-corrected chi connectivity index (χ4v) is 3.53. The summed E-state index contributed by atoms with van der Waals surface area (Å²) in [5.41, 5.74) is 1.96. The van der Waals surface area contributed by atoms with Crippen LogP contribution in [0.5, 0.6) is 0 Å². The highest BCUT2D eigenvalue weighted by Gasteiger charge is 2.26. The number of aromatic nitrogens is 2. The minimum absolute atomic E-state index is 0.0156. The van der Waals surface area contributed by atoms with Crippen LogP contribution in [0.3, 0.4) is 0 Å². The van der Waals surface area contributed by atoms with Crippen molar-refractivity contribution in [3.63, 3.8) is 0 Å². The van der Waals surface area contributed by atoms with Crippen molar-refractivity contribution in [2.75, 3.05) is 13.1 Å². The molecule has 0 radical (unpaired) electrons. The van der Waals surface area contributed by atoms with Gasteiger partial charge in [0, 0.05) is 41.8 Å². The van der Waals surface area contributed by atoms with Crippen molar-refractivity contribution < 1.29 is 9.21 Å². The molecule has 0 unspecified atom stereocenters. The van der Waals surface area contributed by atoms with Gasteiger partial charge in [0.2, 0.25) is 0 Å². The van der Waals surface area contributed by atoms with Crippen LogP contribution in [-0.4, -0.2) is 33.9 Å². The Bertz CT molecular complexity index is 989. The number of nitrogens with one attached hydrogen (secondary N) is 1. The zero-order valence-corrected chi connectivity index (χ0v) is 14.0. The molecule has 128 valence electrons. The molecule has 1 N–H and O–H groups in total. The first-order valence-corrected chi connectivity index (χ1v) is 8.45. The van der Waals surface area contributed by atoms with E-state index in [9.17, 15) is 9.59 Å². The van der Waals surface area contributed by atoms with Crippen molar-refractivity contribution in [3.05, 3.63) is 64.0 Å². The van der Waals surface area contributed by atoms with Crippen LogP contribution in [0, 0.1) is 6.92 Å². The van der Waals surface area contributed by atoms with Gasteiger partial charge in [-0.1, -0.05) is 0 Å². The van der Waals surface area contributed by atoms with Crippen molar-refractivity contribution >= 4 is 16.9 Å². The molecule has 2 aromatic heterocycles. The number of furan rings is 1. The summed E-state index contributed by atoms with van der Waals surface area (Å²) in [6.07, 6.45) is 3.38. The minimum Gasteiger partial charge on any atom is -0.461 e. The van der Waals surface area contributed by atoms with Crippen LogP contribution in [0.4, 0.5) is 0 Å². The van der Waals surface area contributed by atoms with E-state index in [1.54, 1.807) is 0 Å². The number of piperidine rings is 1. The molecule has 0 saturated carbocycles. The number of likely N-dealkylation sites (tertiary alicyclic amines) is 1. The summed E-state index contributed by atoms with van der Waals surface area (Å²) >= 11 is 0. The molecule has 25 heavy (non-hydrogen) atoms. The molecule has 1 saturated heterocycles. The maximum Gasteiger partial charge on any atom is 0.345 e. The Kier molecular flexibility index (Phi) is 3.87. The molecule has 3 heterocycles. The number of amides is 1. The average molecular weight is 337 g/mol. The van der Waals surface area contributed by atoms with Crippen LogP contribution in [0.1, 0.15) is 40.6 Å². The molecular weight excluding hydrogens is 318 g/mol. The highest BCUT2D eigenvalue weighted by Crippen LogP contribution is 2.27. The van der Waals surface area contributed by atoms with Gasteiger partial charge < -0.3 is 14.3 Å². The molecule has 1 fully saturated rings. The Hall–Kier alpha value is -2.89. The van der Waals surface area contributed by atoms with Gasteiger partial charge in [0.05, 0.1) is 0 Å². The first kappa shape index (κ1) is 15.6. The van der Waals surface area contributed by atoms with Crippen LogP contribution in [0.25, 0.3) is 11.0 Å². The first-order chi connectivity index (χ1) is 12.1. The van der Waals surface area contributed by atoms with E-state index in [0.717, 1.165) is 41.8 Å². The van der Waals surface area contributed by atoms with Gasteiger partial charge in [-0.25, -0.2) is 9.78 Å². The number of benzene rings is 1. The summed E-state index contributed by atoms with van der Waals surface area (Å²) in [5.74, 6) is 0.981. The Morgan fingerprint density at radius 1 is 1.32 bits per heavy atom. The molecule has 3 aromatic rings. The van der Waals surface area contributed by atoms with Crippen molar-refractivity contribution in [2.24, 2.45) is 0 Å². The van der Waals surface area contributed by atoms with Gasteiger partial charge in [-0.05, 0) is 50.1 Å². The summed E-state index contributed by atoms with van der Waals surface area (Å²) < 4.78 is 5.57. The fraction of sp³-hybridized carbons (Fsp3) is 0.316. The van der Waals surface area contributed by atoms with E-state index in [1.165, 1.54) is 6.20 Å². The molecule has 1 atom stereocenters. The Morgan fingerprint density at radius 3 is 3.04 bits per heavy atom.